The maximum absolute atomic E-state index is 13.2. The van der Waals surface area contributed by atoms with Crippen molar-refractivity contribution >= 4 is 11.8 Å². The highest BCUT2D eigenvalue weighted by Crippen LogP contribution is 2.37. The molecule has 6 rings (SSSR count). The van der Waals surface area contributed by atoms with Crippen LogP contribution in [0.2, 0.25) is 0 Å². The van der Waals surface area contributed by atoms with Crippen molar-refractivity contribution in [1.82, 2.24) is 10.2 Å². The van der Waals surface area contributed by atoms with Crippen molar-refractivity contribution in [2.24, 2.45) is 0 Å². The van der Waals surface area contributed by atoms with Crippen molar-refractivity contribution in [2.75, 3.05) is 33.0 Å². The van der Waals surface area contributed by atoms with Crippen LogP contribution in [0.5, 0.6) is 0 Å². The number of carbonyl (C=O) groups excluding carboxylic acids is 2. The lowest BCUT2D eigenvalue weighted by molar-refractivity contribution is -0.158. The van der Waals surface area contributed by atoms with Gasteiger partial charge >= 0.3 is 0 Å². The molecule has 0 aromatic heterocycles. The summed E-state index contributed by atoms with van der Waals surface area (Å²) < 4.78 is 18.0. The van der Waals surface area contributed by atoms with Gasteiger partial charge in [0.05, 0.1) is 37.5 Å². The van der Waals surface area contributed by atoms with Gasteiger partial charge in [-0.25, -0.2) is 0 Å². The number of nitrogens with zero attached hydrogens (tertiary/aromatic N) is 1. The van der Waals surface area contributed by atoms with Crippen molar-refractivity contribution < 1.29 is 23.8 Å². The van der Waals surface area contributed by atoms with Gasteiger partial charge in [0.15, 0.2) is 0 Å². The van der Waals surface area contributed by atoms with E-state index in [9.17, 15) is 9.59 Å². The van der Waals surface area contributed by atoms with E-state index in [2.05, 4.69) is 23.5 Å². The summed E-state index contributed by atoms with van der Waals surface area (Å²) in [6, 6.07) is 8.21. The molecule has 4 aliphatic heterocycles. The number of fused-ring (bicyclic) bond motifs is 6. The van der Waals surface area contributed by atoms with Crippen molar-refractivity contribution in [1.29, 1.82) is 0 Å². The monoisotopic (exact) mass is 428 g/mol. The van der Waals surface area contributed by atoms with Gasteiger partial charge in [-0.2, -0.15) is 0 Å². The van der Waals surface area contributed by atoms with Gasteiger partial charge in [-0.05, 0) is 55.6 Å². The average molecular weight is 429 g/mol. The molecule has 1 N–H and O–H groups in total. The molecule has 168 valence electrons. The van der Waals surface area contributed by atoms with E-state index in [1.165, 1.54) is 11.1 Å². The van der Waals surface area contributed by atoms with Gasteiger partial charge in [-0.1, -0.05) is 24.3 Å². The largest absolute Gasteiger partial charge is 0.376 e. The Balaban J connectivity index is 1.41. The van der Waals surface area contributed by atoms with E-state index in [1.807, 2.05) is 11.0 Å². The Morgan fingerprint density at radius 2 is 1.84 bits per heavy atom. The summed E-state index contributed by atoms with van der Waals surface area (Å²) in [5, 5.41) is 3.16. The number of ether oxygens (including phenoxy) is 3. The molecule has 4 heterocycles. The number of hydrogen-bond acceptors (Lipinski definition) is 5. The Labute approximate surface area is 183 Å². The molecular weight excluding hydrogens is 396 g/mol. The molecule has 2 amide bonds. The van der Waals surface area contributed by atoms with Crippen molar-refractivity contribution in [2.45, 2.75) is 68.7 Å². The quantitative estimate of drug-likeness (QED) is 0.685. The summed E-state index contributed by atoms with van der Waals surface area (Å²) in [5.41, 5.74) is 1.95. The van der Waals surface area contributed by atoms with Crippen LogP contribution in [-0.2, 0) is 30.4 Å². The van der Waals surface area contributed by atoms with Crippen molar-refractivity contribution in [3.8, 4) is 0 Å². The zero-order chi connectivity index (χ0) is 21.3. The standard InChI is InChI=1S/C24H32N2O5/c27-22-14-30-16-24(25-22)10-3-11-26-21(24)13-31-19-8-6-17(7-9-19)20-5-2-1-4-18(20)12-29-15-23(26)28/h1-2,4-5,17,19,21H,3,6-16H2,(H,25,27). The second kappa shape index (κ2) is 8.88. The zero-order valence-corrected chi connectivity index (χ0v) is 18.0. The number of rotatable bonds is 0. The summed E-state index contributed by atoms with van der Waals surface area (Å²) >= 11 is 0. The van der Waals surface area contributed by atoms with Gasteiger partial charge in [-0.15, -0.1) is 0 Å². The fourth-order valence-electron chi connectivity index (χ4n) is 5.89. The third kappa shape index (κ3) is 4.23. The number of amides is 2. The second-order valence-corrected chi connectivity index (χ2v) is 9.40. The topological polar surface area (TPSA) is 77.1 Å². The number of carbonyl (C=O) groups is 2. The minimum absolute atomic E-state index is 0.0316. The van der Waals surface area contributed by atoms with Crippen LogP contribution in [0.1, 0.15) is 55.6 Å². The highest BCUT2D eigenvalue weighted by atomic mass is 16.5. The Bertz CT molecular complexity index is 818. The van der Waals surface area contributed by atoms with Crippen LogP contribution in [0.25, 0.3) is 0 Å². The lowest BCUT2D eigenvalue weighted by Gasteiger charge is -2.51. The Hall–Kier alpha value is -1.96. The van der Waals surface area contributed by atoms with Gasteiger partial charge in [0.1, 0.15) is 13.2 Å². The van der Waals surface area contributed by atoms with Crippen LogP contribution >= 0.6 is 0 Å². The molecule has 31 heavy (non-hydrogen) atoms. The normalized spacial score (nSPS) is 34.6. The minimum atomic E-state index is -0.579. The first-order valence-electron chi connectivity index (χ1n) is 11.6. The van der Waals surface area contributed by atoms with E-state index >= 15 is 0 Å². The van der Waals surface area contributed by atoms with Crippen LogP contribution < -0.4 is 5.32 Å². The molecule has 2 saturated heterocycles. The third-order valence-electron chi connectivity index (χ3n) is 7.48. The van der Waals surface area contributed by atoms with Gasteiger partial charge in [-0.3, -0.25) is 9.59 Å². The van der Waals surface area contributed by atoms with Crippen molar-refractivity contribution in [3.63, 3.8) is 0 Å². The van der Waals surface area contributed by atoms with Crippen LogP contribution in [-0.4, -0.2) is 67.4 Å². The predicted molar refractivity (Wildman–Crippen MR) is 113 cm³/mol. The number of benzene rings is 1. The summed E-state index contributed by atoms with van der Waals surface area (Å²) in [4.78, 5) is 27.2. The Kier molecular flexibility index (Phi) is 5.99. The number of nitrogens with one attached hydrogen (secondary N) is 1. The second-order valence-electron chi connectivity index (χ2n) is 9.40. The molecule has 1 aliphatic carbocycles. The number of piperidine rings is 1. The van der Waals surface area contributed by atoms with Gasteiger partial charge in [0.2, 0.25) is 11.8 Å². The molecule has 3 fully saturated rings. The lowest BCUT2D eigenvalue weighted by atomic mass is 9.80. The molecule has 0 radical (unpaired) electrons. The van der Waals surface area contributed by atoms with Gasteiger partial charge in [0, 0.05) is 6.54 Å². The first-order valence-corrected chi connectivity index (χ1v) is 11.6. The molecule has 1 aromatic carbocycles. The molecule has 1 saturated carbocycles. The molecule has 2 atom stereocenters. The first-order chi connectivity index (χ1) is 15.1. The summed E-state index contributed by atoms with van der Waals surface area (Å²) in [5.74, 6) is 0.349. The first kappa shape index (κ1) is 20.9. The Morgan fingerprint density at radius 1 is 1.00 bits per heavy atom. The lowest BCUT2D eigenvalue weighted by Crippen LogP contribution is -2.72. The smallest absolute Gasteiger partial charge is 0.248 e. The van der Waals surface area contributed by atoms with E-state index in [4.69, 9.17) is 14.2 Å². The summed E-state index contributed by atoms with van der Waals surface area (Å²) in [6.07, 6.45) is 6.02. The summed E-state index contributed by atoms with van der Waals surface area (Å²) in [6.45, 7) is 2.04. The molecule has 1 spiro atoms. The molecule has 1 aromatic rings. The number of morpholine rings is 1. The molecule has 7 nitrogen and oxygen atoms in total. The van der Waals surface area contributed by atoms with E-state index in [0.717, 1.165) is 38.5 Å². The number of hydrogen-bond donors (Lipinski definition) is 1. The fraction of sp³-hybridized carbons (Fsp3) is 0.667. The average Bonchev–Trinajstić information content (AvgIpc) is 2.78. The molecule has 2 bridgehead atoms. The van der Waals surface area contributed by atoms with E-state index in [-0.39, 0.29) is 37.2 Å². The van der Waals surface area contributed by atoms with Crippen LogP contribution in [0.3, 0.4) is 0 Å². The third-order valence-corrected chi connectivity index (χ3v) is 7.48. The highest BCUT2D eigenvalue weighted by molar-refractivity contribution is 5.80. The predicted octanol–water partition coefficient (Wildman–Crippen LogP) is 2.14. The fourth-order valence-corrected chi connectivity index (χ4v) is 5.89. The highest BCUT2D eigenvalue weighted by Gasteiger charge is 2.49. The molecule has 2 unspecified atom stereocenters. The molecule has 5 aliphatic rings. The van der Waals surface area contributed by atoms with E-state index in [1.54, 1.807) is 0 Å². The molecule has 7 heteroatoms. The van der Waals surface area contributed by atoms with Crippen LogP contribution in [0, 0.1) is 0 Å². The van der Waals surface area contributed by atoms with Gasteiger partial charge in [0.25, 0.3) is 0 Å². The molecular formula is C24H32N2O5. The SMILES string of the molecule is O=C1COCC2(CCCN3C(=O)COCc4ccccc4C4CCC(CC4)OCC32)N1. The van der Waals surface area contributed by atoms with E-state index in [0.29, 0.717) is 32.3 Å². The zero-order valence-electron chi connectivity index (χ0n) is 18.0. The minimum Gasteiger partial charge on any atom is -0.376 e. The maximum Gasteiger partial charge on any atom is 0.248 e. The summed E-state index contributed by atoms with van der Waals surface area (Å²) in [7, 11) is 0. The van der Waals surface area contributed by atoms with Gasteiger partial charge < -0.3 is 24.4 Å². The van der Waals surface area contributed by atoms with Crippen LogP contribution in [0.15, 0.2) is 24.3 Å². The van der Waals surface area contributed by atoms with Crippen molar-refractivity contribution in [3.05, 3.63) is 35.4 Å². The maximum atomic E-state index is 13.2. The van der Waals surface area contributed by atoms with E-state index < -0.39 is 5.54 Å². The van der Waals surface area contributed by atoms with Crippen LogP contribution in [0.4, 0.5) is 0 Å². The Morgan fingerprint density at radius 3 is 2.68 bits per heavy atom.